The Morgan fingerprint density at radius 2 is 1.67 bits per heavy atom. The summed E-state index contributed by atoms with van der Waals surface area (Å²) in [7, 11) is 0. The summed E-state index contributed by atoms with van der Waals surface area (Å²) in [6, 6.07) is 0.112. The molecule has 0 aromatic rings. The zero-order chi connectivity index (χ0) is 10.8. The Bertz CT molecular complexity index is 212. The van der Waals surface area contributed by atoms with Gasteiger partial charge in [-0.2, -0.15) is 0 Å². The van der Waals surface area contributed by atoms with E-state index in [4.69, 9.17) is 0 Å². The highest BCUT2D eigenvalue weighted by Crippen LogP contribution is 2.30. The van der Waals surface area contributed by atoms with E-state index in [0.29, 0.717) is 18.8 Å². The lowest BCUT2D eigenvalue weighted by Crippen LogP contribution is -2.52. The Morgan fingerprint density at radius 3 is 2.33 bits per heavy atom. The Kier molecular flexibility index (Phi) is 3.61. The van der Waals surface area contributed by atoms with Crippen LogP contribution in [0.1, 0.15) is 32.1 Å². The molecule has 4 heteroatoms. The third-order valence-electron chi connectivity index (χ3n) is 3.80. The quantitative estimate of drug-likeness (QED) is 0.481. The van der Waals surface area contributed by atoms with E-state index in [1.165, 1.54) is 0 Å². The van der Waals surface area contributed by atoms with Gasteiger partial charge in [-0.25, -0.2) is 0 Å². The van der Waals surface area contributed by atoms with E-state index in [9.17, 15) is 15.3 Å². The van der Waals surface area contributed by atoms with E-state index >= 15 is 0 Å². The first-order valence-electron chi connectivity index (χ1n) is 5.96. The summed E-state index contributed by atoms with van der Waals surface area (Å²) >= 11 is 0. The lowest BCUT2D eigenvalue weighted by molar-refractivity contribution is -0.0447. The third kappa shape index (κ3) is 2.50. The van der Waals surface area contributed by atoms with E-state index in [-0.39, 0.29) is 12.1 Å². The minimum atomic E-state index is -0.611. The fraction of sp³-hybridized carbons (Fsp3) is 1.00. The van der Waals surface area contributed by atoms with Crippen LogP contribution in [-0.4, -0.2) is 46.2 Å². The van der Waals surface area contributed by atoms with E-state index in [1.54, 1.807) is 0 Å². The fourth-order valence-corrected chi connectivity index (χ4v) is 2.86. The summed E-state index contributed by atoms with van der Waals surface area (Å²) in [5, 5.41) is 32.2. The molecule has 1 heterocycles. The summed E-state index contributed by atoms with van der Waals surface area (Å²) in [6.07, 6.45) is 2.56. The predicted molar refractivity (Wildman–Crippen MR) is 56.4 cm³/mol. The molecule has 5 unspecified atom stereocenters. The first-order valence-corrected chi connectivity index (χ1v) is 5.96. The molecule has 88 valence electrons. The van der Waals surface area contributed by atoms with Crippen molar-refractivity contribution in [3.8, 4) is 0 Å². The topological polar surface area (TPSA) is 72.7 Å². The van der Waals surface area contributed by atoms with Gasteiger partial charge in [0.1, 0.15) is 0 Å². The number of hydrogen-bond donors (Lipinski definition) is 4. The normalized spacial score (nSPS) is 47.8. The maximum Gasteiger partial charge on any atom is 0.0802 e. The minimum absolute atomic E-state index is 0.112. The second-order valence-corrected chi connectivity index (χ2v) is 4.90. The molecular weight excluding hydrogens is 194 g/mol. The Labute approximate surface area is 90.3 Å². The number of aliphatic hydroxyl groups excluding tert-OH is 3. The summed E-state index contributed by atoms with van der Waals surface area (Å²) in [5.41, 5.74) is 0. The molecule has 5 atom stereocenters. The minimum Gasteiger partial charge on any atom is -0.391 e. The summed E-state index contributed by atoms with van der Waals surface area (Å²) in [6.45, 7) is 0.955. The van der Waals surface area contributed by atoms with Crippen molar-refractivity contribution in [3.63, 3.8) is 0 Å². The molecule has 2 aliphatic rings. The van der Waals surface area contributed by atoms with Crippen molar-refractivity contribution in [3.05, 3.63) is 0 Å². The molecule has 1 saturated heterocycles. The molecule has 0 aromatic carbocycles. The van der Waals surface area contributed by atoms with Crippen LogP contribution in [0.2, 0.25) is 0 Å². The average Bonchev–Trinajstić information content (AvgIpc) is 2.23. The SMILES string of the molecule is OC1CCC(C2NCCCC2O)CC1O. The monoisotopic (exact) mass is 215 g/mol. The van der Waals surface area contributed by atoms with Gasteiger partial charge in [-0.05, 0) is 44.6 Å². The zero-order valence-corrected chi connectivity index (χ0v) is 8.97. The molecule has 4 nitrogen and oxygen atoms in total. The molecule has 0 aromatic heterocycles. The highest BCUT2D eigenvalue weighted by molar-refractivity contribution is 4.91. The van der Waals surface area contributed by atoms with E-state index < -0.39 is 12.2 Å². The molecule has 0 radical (unpaired) electrons. The van der Waals surface area contributed by atoms with E-state index in [0.717, 1.165) is 25.8 Å². The molecule has 0 amide bonds. The standard InChI is InChI=1S/C11H21NO3/c13-8-4-3-7(6-10(8)15)11-9(14)2-1-5-12-11/h7-15H,1-6H2. The maximum absolute atomic E-state index is 9.87. The van der Waals surface area contributed by atoms with Gasteiger partial charge in [-0.15, -0.1) is 0 Å². The van der Waals surface area contributed by atoms with Crippen LogP contribution in [0.4, 0.5) is 0 Å². The van der Waals surface area contributed by atoms with Crippen molar-refractivity contribution >= 4 is 0 Å². The van der Waals surface area contributed by atoms with Crippen molar-refractivity contribution in [1.82, 2.24) is 5.32 Å². The van der Waals surface area contributed by atoms with Crippen molar-refractivity contribution in [1.29, 1.82) is 0 Å². The summed E-state index contributed by atoms with van der Waals surface area (Å²) < 4.78 is 0. The van der Waals surface area contributed by atoms with Gasteiger partial charge >= 0.3 is 0 Å². The Balaban J connectivity index is 1.92. The molecule has 4 N–H and O–H groups in total. The van der Waals surface area contributed by atoms with Crippen LogP contribution in [0, 0.1) is 5.92 Å². The van der Waals surface area contributed by atoms with Gasteiger partial charge in [-0.3, -0.25) is 0 Å². The molecule has 15 heavy (non-hydrogen) atoms. The first-order chi connectivity index (χ1) is 7.18. The van der Waals surface area contributed by atoms with Gasteiger partial charge in [0.05, 0.1) is 18.3 Å². The number of piperidine rings is 1. The van der Waals surface area contributed by atoms with Gasteiger partial charge in [0, 0.05) is 6.04 Å². The summed E-state index contributed by atoms with van der Waals surface area (Å²) in [4.78, 5) is 0. The molecular formula is C11H21NO3. The number of hydrogen-bond acceptors (Lipinski definition) is 4. The summed E-state index contributed by atoms with van der Waals surface area (Å²) in [5.74, 6) is 0.304. The Morgan fingerprint density at radius 1 is 0.867 bits per heavy atom. The van der Waals surface area contributed by atoms with Crippen molar-refractivity contribution in [2.75, 3.05) is 6.54 Å². The molecule has 2 fully saturated rings. The highest BCUT2D eigenvalue weighted by atomic mass is 16.3. The number of rotatable bonds is 1. The molecule has 0 spiro atoms. The van der Waals surface area contributed by atoms with Crippen LogP contribution in [0.15, 0.2) is 0 Å². The molecule has 2 rings (SSSR count). The number of nitrogens with one attached hydrogen (secondary N) is 1. The molecule has 1 aliphatic carbocycles. The predicted octanol–water partition coefficient (Wildman–Crippen LogP) is -0.379. The van der Waals surface area contributed by atoms with Crippen LogP contribution in [-0.2, 0) is 0 Å². The van der Waals surface area contributed by atoms with Crippen LogP contribution in [0.3, 0.4) is 0 Å². The first kappa shape index (κ1) is 11.3. The smallest absolute Gasteiger partial charge is 0.0802 e. The van der Waals surface area contributed by atoms with Crippen LogP contribution in [0.5, 0.6) is 0 Å². The lowest BCUT2D eigenvalue weighted by atomic mass is 9.77. The molecule has 1 saturated carbocycles. The average molecular weight is 215 g/mol. The van der Waals surface area contributed by atoms with Crippen molar-refractivity contribution in [2.45, 2.75) is 56.5 Å². The van der Waals surface area contributed by atoms with Crippen LogP contribution in [0.25, 0.3) is 0 Å². The second kappa shape index (κ2) is 4.78. The fourth-order valence-electron chi connectivity index (χ4n) is 2.86. The third-order valence-corrected chi connectivity index (χ3v) is 3.80. The van der Waals surface area contributed by atoms with Gasteiger partial charge in [0.2, 0.25) is 0 Å². The van der Waals surface area contributed by atoms with Gasteiger partial charge in [-0.1, -0.05) is 0 Å². The van der Waals surface area contributed by atoms with E-state index in [1.807, 2.05) is 0 Å². The van der Waals surface area contributed by atoms with E-state index in [2.05, 4.69) is 5.32 Å². The Hall–Kier alpha value is -0.160. The van der Waals surface area contributed by atoms with Crippen molar-refractivity contribution in [2.24, 2.45) is 5.92 Å². The van der Waals surface area contributed by atoms with Gasteiger partial charge in [0.25, 0.3) is 0 Å². The number of aliphatic hydroxyl groups is 3. The van der Waals surface area contributed by atoms with Gasteiger partial charge in [0.15, 0.2) is 0 Å². The molecule has 1 aliphatic heterocycles. The van der Waals surface area contributed by atoms with Crippen LogP contribution >= 0.6 is 0 Å². The maximum atomic E-state index is 9.87. The van der Waals surface area contributed by atoms with Gasteiger partial charge < -0.3 is 20.6 Å². The molecule has 0 bridgehead atoms. The lowest BCUT2D eigenvalue weighted by Gasteiger charge is -2.39. The highest BCUT2D eigenvalue weighted by Gasteiger charge is 2.36. The second-order valence-electron chi connectivity index (χ2n) is 4.90. The zero-order valence-electron chi connectivity index (χ0n) is 8.97. The van der Waals surface area contributed by atoms with Crippen molar-refractivity contribution < 1.29 is 15.3 Å². The van der Waals surface area contributed by atoms with Crippen LogP contribution < -0.4 is 5.32 Å². The largest absolute Gasteiger partial charge is 0.391 e.